The third-order valence-corrected chi connectivity index (χ3v) is 7.40. The molecule has 1 amide bonds. The maximum absolute atomic E-state index is 13.2. The van der Waals surface area contributed by atoms with Gasteiger partial charge in [-0.05, 0) is 49.3 Å². The lowest BCUT2D eigenvalue weighted by atomic mass is 9.91. The van der Waals surface area contributed by atoms with E-state index in [2.05, 4.69) is 13.8 Å². The summed E-state index contributed by atoms with van der Waals surface area (Å²) in [5.41, 5.74) is 0.330. The van der Waals surface area contributed by atoms with Crippen LogP contribution in [0.3, 0.4) is 0 Å². The van der Waals surface area contributed by atoms with Crippen LogP contribution in [0, 0.1) is 11.8 Å². The Hall–Kier alpha value is -1.60. The minimum Gasteiger partial charge on any atom is -0.496 e. The van der Waals surface area contributed by atoms with E-state index < -0.39 is 10.0 Å². The third kappa shape index (κ3) is 4.29. The van der Waals surface area contributed by atoms with Crippen molar-refractivity contribution >= 4 is 15.9 Å². The van der Waals surface area contributed by atoms with Gasteiger partial charge >= 0.3 is 0 Å². The lowest BCUT2D eigenvalue weighted by molar-refractivity contribution is 0.0619. The van der Waals surface area contributed by atoms with Crippen LogP contribution in [-0.2, 0) is 10.0 Å². The van der Waals surface area contributed by atoms with Crippen LogP contribution in [0.15, 0.2) is 23.1 Å². The molecule has 0 spiro atoms. The summed E-state index contributed by atoms with van der Waals surface area (Å²) in [4.78, 5) is 15.2. The molecule has 0 N–H and O–H groups in total. The Labute approximate surface area is 162 Å². The third-order valence-electron chi connectivity index (χ3n) is 5.51. The summed E-state index contributed by atoms with van der Waals surface area (Å²) in [6, 6.07) is 4.64. The van der Waals surface area contributed by atoms with Crippen molar-refractivity contribution in [1.29, 1.82) is 0 Å². The predicted octanol–water partition coefficient (Wildman–Crippen LogP) is 2.99. The number of nitrogens with zero attached hydrogens (tertiary/aromatic N) is 2. The molecule has 0 aromatic heterocycles. The molecule has 0 saturated carbocycles. The van der Waals surface area contributed by atoms with E-state index in [1.807, 2.05) is 4.90 Å². The molecule has 2 aliphatic heterocycles. The SMILES string of the molecule is COc1ccc(S(=O)(=O)N2CCCCC2)cc1C(=O)N1CC(C)CC(C)C1. The summed E-state index contributed by atoms with van der Waals surface area (Å²) in [7, 11) is -2.08. The maximum atomic E-state index is 13.2. The number of amides is 1. The molecule has 150 valence electrons. The van der Waals surface area contributed by atoms with E-state index in [-0.39, 0.29) is 10.8 Å². The molecule has 2 unspecified atom stereocenters. The van der Waals surface area contributed by atoms with Gasteiger partial charge in [0.25, 0.3) is 5.91 Å². The van der Waals surface area contributed by atoms with E-state index in [0.717, 1.165) is 25.7 Å². The van der Waals surface area contributed by atoms with Crippen molar-refractivity contribution in [2.75, 3.05) is 33.3 Å². The summed E-state index contributed by atoms with van der Waals surface area (Å²) in [5.74, 6) is 1.14. The topological polar surface area (TPSA) is 66.9 Å². The zero-order chi connectivity index (χ0) is 19.6. The molecule has 1 aromatic rings. The number of piperidine rings is 2. The van der Waals surface area contributed by atoms with E-state index in [1.54, 1.807) is 12.1 Å². The number of carbonyl (C=O) groups is 1. The van der Waals surface area contributed by atoms with Crippen molar-refractivity contribution < 1.29 is 17.9 Å². The highest BCUT2D eigenvalue weighted by atomic mass is 32.2. The highest BCUT2D eigenvalue weighted by molar-refractivity contribution is 7.89. The first kappa shape index (κ1) is 20.1. The normalized spacial score (nSPS) is 24.6. The Morgan fingerprint density at radius 2 is 1.70 bits per heavy atom. The van der Waals surface area contributed by atoms with Crippen molar-refractivity contribution in [2.24, 2.45) is 11.8 Å². The smallest absolute Gasteiger partial charge is 0.257 e. The minimum absolute atomic E-state index is 0.152. The average Bonchev–Trinajstić information content (AvgIpc) is 2.66. The highest BCUT2D eigenvalue weighted by Crippen LogP contribution is 2.29. The van der Waals surface area contributed by atoms with Gasteiger partial charge < -0.3 is 9.64 Å². The molecular weight excluding hydrogens is 364 g/mol. The number of rotatable bonds is 4. The molecule has 2 heterocycles. The van der Waals surface area contributed by atoms with Crippen molar-refractivity contribution in [3.63, 3.8) is 0 Å². The van der Waals surface area contributed by atoms with Crippen LogP contribution in [0.5, 0.6) is 5.75 Å². The summed E-state index contributed by atoms with van der Waals surface area (Å²) in [5, 5.41) is 0. The van der Waals surface area contributed by atoms with Crippen molar-refractivity contribution in [1.82, 2.24) is 9.21 Å². The van der Waals surface area contributed by atoms with Crippen LogP contribution < -0.4 is 4.74 Å². The van der Waals surface area contributed by atoms with E-state index in [0.29, 0.717) is 49.3 Å². The quantitative estimate of drug-likeness (QED) is 0.787. The van der Waals surface area contributed by atoms with Crippen LogP contribution in [0.1, 0.15) is 49.9 Å². The lowest BCUT2D eigenvalue weighted by Gasteiger charge is -2.35. The van der Waals surface area contributed by atoms with E-state index in [4.69, 9.17) is 4.74 Å². The molecule has 2 saturated heterocycles. The molecule has 2 aliphatic rings. The van der Waals surface area contributed by atoms with Gasteiger partial charge in [0.2, 0.25) is 10.0 Å². The molecule has 2 atom stereocenters. The average molecular weight is 395 g/mol. The molecule has 0 aliphatic carbocycles. The molecule has 1 aromatic carbocycles. The van der Waals surface area contributed by atoms with Crippen LogP contribution in [-0.4, -0.2) is 56.8 Å². The van der Waals surface area contributed by atoms with Gasteiger partial charge in [0, 0.05) is 26.2 Å². The van der Waals surface area contributed by atoms with Gasteiger partial charge in [-0.1, -0.05) is 20.3 Å². The monoisotopic (exact) mass is 394 g/mol. The first-order valence-corrected chi connectivity index (χ1v) is 11.2. The number of carbonyl (C=O) groups excluding carboxylic acids is 1. The van der Waals surface area contributed by atoms with E-state index >= 15 is 0 Å². The van der Waals surface area contributed by atoms with Crippen LogP contribution in [0.4, 0.5) is 0 Å². The molecule has 2 fully saturated rings. The molecular formula is C20H30N2O4S. The van der Waals surface area contributed by atoms with Crippen LogP contribution >= 0.6 is 0 Å². The largest absolute Gasteiger partial charge is 0.496 e. The summed E-state index contributed by atoms with van der Waals surface area (Å²) >= 11 is 0. The highest BCUT2D eigenvalue weighted by Gasteiger charge is 2.31. The fraction of sp³-hybridized carbons (Fsp3) is 0.650. The maximum Gasteiger partial charge on any atom is 0.257 e. The summed E-state index contributed by atoms with van der Waals surface area (Å²) < 4.78 is 32.9. The number of hydrogen-bond donors (Lipinski definition) is 0. The zero-order valence-corrected chi connectivity index (χ0v) is 17.3. The van der Waals surface area contributed by atoms with Crippen molar-refractivity contribution in [3.8, 4) is 5.75 Å². The number of hydrogen-bond acceptors (Lipinski definition) is 4. The van der Waals surface area contributed by atoms with Gasteiger partial charge in [-0.25, -0.2) is 8.42 Å². The Morgan fingerprint density at radius 1 is 1.07 bits per heavy atom. The number of benzene rings is 1. The second-order valence-corrected chi connectivity index (χ2v) is 9.92. The Morgan fingerprint density at radius 3 is 2.30 bits per heavy atom. The lowest BCUT2D eigenvalue weighted by Crippen LogP contribution is -2.42. The zero-order valence-electron chi connectivity index (χ0n) is 16.5. The molecule has 7 heteroatoms. The van der Waals surface area contributed by atoms with Crippen LogP contribution in [0.25, 0.3) is 0 Å². The van der Waals surface area contributed by atoms with Gasteiger partial charge in [0.1, 0.15) is 5.75 Å². The van der Waals surface area contributed by atoms with E-state index in [9.17, 15) is 13.2 Å². The first-order valence-electron chi connectivity index (χ1n) is 9.80. The molecule has 6 nitrogen and oxygen atoms in total. The number of ether oxygens (including phenoxy) is 1. The number of methoxy groups -OCH3 is 1. The number of likely N-dealkylation sites (tertiary alicyclic amines) is 1. The van der Waals surface area contributed by atoms with Gasteiger partial charge in [0.05, 0.1) is 17.6 Å². The van der Waals surface area contributed by atoms with Gasteiger partial charge in [-0.3, -0.25) is 4.79 Å². The Kier molecular flexibility index (Phi) is 6.11. The van der Waals surface area contributed by atoms with Crippen molar-refractivity contribution in [3.05, 3.63) is 23.8 Å². The second-order valence-electron chi connectivity index (χ2n) is 7.98. The second kappa shape index (κ2) is 8.19. The first-order chi connectivity index (χ1) is 12.8. The Bertz CT molecular complexity index is 777. The molecule has 0 radical (unpaired) electrons. The standard InChI is InChI=1S/C20H30N2O4S/c1-15-11-16(2)14-21(13-15)20(23)18-12-17(7-8-19(18)26-3)27(24,25)22-9-5-4-6-10-22/h7-8,12,15-16H,4-6,9-11,13-14H2,1-3H3. The van der Waals surface area contributed by atoms with Gasteiger partial charge in [-0.2, -0.15) is 4.31 Å². The van der Waals surface area contributed by atoms with Crippen LogP contribution in [0.2, 0.25) is 0 Å². The van der Waals surface area contributed by atoms with Crippen molar-refractivity contribution in [2.45, 2.75) is 44.4 Å². The molecule has 27 heavy (non-hydrogen) atoms. The van der Waals surface area contributed by atoms with Gasteiger partial charge in [-0.15, -0.1) is 0 Å². The Balaban J connectivity index is 1.92. The fourth-order valence-corrected chi connectivity index (χ4v) is 5.81. The fourth-order valence-electron chi connectivity index (χ4n) is 4.27. The van der Waals surface area contributed by atoms with E-state index in [1.165, 1.54) is 17.5 Å². The predicted molar refractivity (Wildman–Crippen MR) is 104 cm³/mol. The summed E-state index contributed by atoms with van der Waals surface area (Å²) in [6.07, 6.45) is 3.92. The molecule has 3 rings (SSSR count). The minimum atomic E-state index is -3.59. The van der Waals surface area contributed by atoms with Gasteiger partial charge in [0.15, 0.2) is 0 Å². The summed E-state index contributed by atoms with van der Waals surface area (Å²) in [6.45, 7) is 6.75. The molecule has 0 bridgehead atoms. The number of sulfonamides is 1.